The molecule has 1 heterocycles. The Bertz CT molecular complexity index is 947. The highest BCUT2D eigenvalue weighted by Gasteiger charge is 2.28. The van der Waals surface area contributed by atoms with Gasteiger partial charge in [-0.3, -0.25) is 9.69 Å². The average molecular weight is 471 g/mol. The number of piperidine rings is 1. The van der Waals surface area contributed by atoms with E-state index in [4.69, 9.17) is 18.9 Å². The topological polar surface area (TPSA) is 69.3 Å². The van der Waals surface area contributed by atoms with Crippen LogP contribution in [-0.4, -0.2) is 57.9 Å². The first-order valence-electron chi connectivity index (χ1n) is 12.0. The number of anilines is 1. The van der Waals surface area contributed by atoms with Crippen LogP contribution in [0.5, 0.6) is 23.0 Å². The van der Waals surface area contributed by atoms with Crippen molar-refractivity contribution in [1.82, 2.24) is 4.90 Å². The van der Waals surface area contributed by atoms with Crippen LogP contribution in [-0.2, 0) is 11.2 Å². The van der Waals surface area contributed by atoms with Crippen molar-refractivity contribution in [2.45, 2.75) is 45.6 Å². The molecule has 1 aliphatic rings. The Kier molecular flexibility index (Phi) is 9.45. The molecular weight excluding hydrogens is 432 g/mol. The third-order valence-corrected chi connectivity index (χ3v) is 6.06. The monoisotopic (exact) mass is 470 g/mol. The average Bonchev–Trinajstić information content (AvgIpc) is 2.86. The highest BCUT2D eigenvalue weighted by atomic mass is 16.5. The first-order valence-corrected chi connectivity index (χ1v) is 12.0. The Hall–Kier alpha value is -2.93. The van der Waals surface area contributed by atoms with Crippen molar-refractivity contribution in [3.63, 3.8) is 0 Å². The van der Waals surface area contributed by atoms with E-state index in [2.05, 4.69) is 30.1 Å². The summed E-state index contributed by atoms with van der Waals surface area (Å²) in [5.41, 5.74) is 1.87. The van der Waals surface area contributed by atoms with Crippen LogP contribution in [0.4, 0.5) is 5.69 Å². The Morgan fingerprint density at radius 1 is 0.971 bits per heavy atom. The molecule has 1 unspecified atom stereocenters. The van der Waals surface area contributed by atoms with Crippen LogP contribution in [0, 0.1) is 5.92 Å². The summed E-state index contributed by atoms with van der Waals surface area (Å²) in [6, 6.07) is 11.4. The van der Waals surface area contributed by atoms with Gasteiger partial charge in [0.25, 0.3) is 0 Å². The van der Waals surface area contributed by atoms with E-state index >= 15 is 0 Å². The maximum Gasteiger partial charge on any atom is 0.241 e. The van der Waals surface area contributed by atoms with Gasteiger partial charge in [0, 0.05) is 18.3 Å². The second kappa shape index (κ2) is 12.5. The lowest BCUT2D eigenvalue weighted by Crippen LogP contribution is -2.47. The van der Waals surface area contributed by atoms with E-state index in [-0.39, 0.29) is 11.9 Å². The SMILES string of the molecule is COc1ccc(CCN2CCCCC2C(=O)Nc2ccc(OC)c(OCC(C)C)c2)cc1OC. The number of ether oxygens (including phenoxy) is 4. The van der Waals surface area contributed by atoms with Gasteiger partial charge in [-0.05, 0) is 61.6 Å². The summed E-state index contributed by atoms with van der Waals surface area (Å²) < 4.78 is 22.1. The summed E-state index contributed by atoms with van der Waals surface area (Å²) >= 11 is 0. The normalized spacial score (nSPS) is 16.2. The summed E-state index contributed by atoms with van der Waals surface area (Å²) in [5.74, 6) is 3.16. The van der Waals surface area contributed by atoms with Crippen LogP contribution in [0.1, 0.15) is 38.7 Å². The number of rotatable bonds is 11. The number of likely N-dealkylation sites (tertiary alicyclic amines) is 1. The zero-order chi connectivity index (χ0) is 24.5. The molecule has 7 nitrogen and oxygen atoms in total. The van der Waals surface area contributed by atoms with Gasteiger partial charge in [-0.1, -0.05) is 26.3 Å². The highest BCUT2D eigenvalue weighted by Crippen LogP contribution is 2.31. The minimum absolute atomic E-state index is 0.0204. The van der Waals surface area contributed by atoms with Crippen LogP contribution in [0.3, 0.4) is 0 Å². The smallest absolute Gasteiger partial charge is 0.241 e. The predicted molar refractivity (Wildman–Crippen MR) is 134 cm³/mol. The second-order valence-electron chi connectivity index (χ2n) is 9.05. The minimum Gasteiger partial charge on any atom is -0.493 e. The number of amides is 1. The van der Waals surface area contributed by atoms with Crippen molar-refractivity contribution in [2.75, 3.05) is 46.3 Å². The van der Waals surface area contributed by atoms with Crippen LogP contribution in [0.2, 0.25) is 0 Å². The van der Waals surface area contributed by atoms with E-state index in [9.17, 15) is 4.79 Å². The molecule has 2 aromatic rings. The van der Waals surface area contributed by atoms with E-state index in [0.29, 0.717) is 24.0 Å². The Morgan fingerprint density at radius 3 is 2.38 bits per heavy atom. The van der Waals surface area contributed by atoms with Gasteiger partial charge >= 0.3 is 0 Å². The molecule has 3 rings (SSSR count). The fourth-order valence-corrected chi connectivity index (χ4v) is 4.21. The van der Waals surface area contributed by atoms with Gasteiger partial charge in [0.1, 0.15) is 0 Å². The number of benzene rings is 2. The number of carbonyl (C=O) groups is 1. The van der Waals surface area contributed by atoms with E-state index < -0.39 is 0 Å². The fourth-order valence-electron chi connectivity index (χ4n) is 4.21. The molecule has 34 heavy (non-hydrogen) atoms. The van der Waals surface area contributed by atoms with E-state index in [1.165, 1.54) is 0 Å². The first-order chi connectivity index (χ1) is 16.4. The molecule has 0 aliphatic carbocycles. The molecule has 1 saturated heterocycles. The zero-order valence-corrected chi connectivity index (χ0v) is 21.1. The standard InChI is InChI=1S/C27H38N2O5/c1-19(2)18-34-26-17-21(10-12-24(26)32-4)28-27(30)22-8-6-7-14-29(22)15-13-20-9-11-23(31-3)25(16-20)33-5/h9-12,16-17,19,22H,6-8,13-15,18H2,1-5H3,(H,28,30). The molecule has 1 aliphatic heterocycles. The molecule has 1 atom stereocenters. The molecule has 1 fully saturated rings. The van der Waals surface area contributed by atoms with Gasteiger partial charge in [0.2, 0.25) is 5.91 Å². The van der Waals surface area contributed by atoms with Crippen LogP contribution in [0.25, 0.3) is 0 Å². The summed E-state index contributed by atoms with van der Waals surface area (Å²) in [6.07, 6.45) is 3.84. The van der Waals surface area contributed by atoms with Gasteiger partial charge in [-0.15, -0.1) is 0 Å². The summed E-state index contributed by atoms with van der Waals surface area (Å²) in [7, 11) is 4.90. The minimum atomic E-state index is -0.156. The molecular formula is C27H38N2O5. The largest absolute Gasteiger partial charge is 0.493 e. The molecule has 2 aromatic carbocycles. The zero-order valence-electron chi connectivity index (χ0n) is 21.1. The molecule has 7 heteroatoms. The van der Waals surface area contributed by atoms with E-state index in [1.807, 2.05) is 30.3 Å². The lowest BCUT2D eigenvalue weighted by molar-refractivity contribution is -0.122. The lowest BCUT2D eigenvalue weighted by atomic mass is 10.00. The summed E-state index contributed by atoms with van der Waals surface area (Å²) in [5, 5.41) is 3.10. The fraction of sp³-hybridized carbons (Fsp3) is 0.519. The first kappa shape index (κ1) is 25.7. The molecule has 0 aromatic heterocycles. The van der Waals surface area contributed by atoms with Gasteiger partial charge in [0.05, 0.1) is 34.0 Å². The Balaban J connectivity index is 1.65. The molecule has 0 radical (unpaired) electrons. The molecule has 1 amide bonds. The number of methoxy groups -OCH3 is 3. The van der Waals surface area contributed by atoms with Crippen molar-refractivity contribution in [2.24, 2.45) is 5.92 Å². The maximum atomic E-state index is 13.2. The van der Waals surface area contributed by atoms with Crippen molar-refractivity contribution in [3.8, 4) is 23.0 Å². The number of hydrogen-bond donors (Lipinski definition) is 1. The van der Waals surface area contributed by atoms with Crippen molar-refractivity contribution < 1.29 is 23.7 Å². The second-order valence-corrected chi connectivity index (χ2v) is 9.05. The predicted octanol–water partition coefficient (Wildman–Crippen LogP) is 4.78. The van der Waals surface area contributed by atoms with Crippen LogP contribution in [0.15, 0.2) is 36.4 Å². The number of hydrogen-bond acceptors (Lipinski definition) is 6. The van der Waals surface area contributed by atoms with Crippen LogP contribution >= 0.6 is 0 Å². The third-order valence-electron chi connectivity index (χ3n) is 6.06. The van der Waals surface area contributed by atoms with Gasteiger partial charge in [-0.2, -0.15) is 0 Å². The Labute approximate surface area is 203 Å². The lowest BCUT2D eigenvalue weighted by Gasteiger charge is -2.34. The summed E-state index contributed by atoms with van der Waals surface area (Å²) in [4.78, 5) is 15.5. The quantitative estimate of drug-likeness (QED) is 0.510. The van der Waals surface area contributed by atoms with Crippen molar-refractivity contribution in [3.05, 3.63) is 42.0 Å². The highest BCUT2D eigenvalue weighted by molar-refractivity contribution is 5.95. The van der Waals surface area contributed by atoms with E-state index in [1.54, 1.807) is 21.3 Å². The third kappa shape index (κ3) is 6.79. The number of nitrogens with one attached hydrogen (secondary N) is 1. The molecule has 0 bridgehead atoms. The van der Waals surface area contributed by atoms with Crippen LogP contribution < -0.4 is 24.3 Å². The molecule has 0 spiro atoms. The van der Waals surface area contributed by atoms with Gasteiger partial charge in [0.15, 0.2) is 23.0 Å². The Morgan fingerprint density at radius 2 is 1.68 bits per heavy atom. The van der Waals surface area contributed by atoms with Crippen molar-refractivity contribution in [1.29, 1.82) is 0 Å². The summed E-state index contributed by atoms with van der Waals surface area (Å²) in [6.45, 7) is 6.49. The molecule has 186 valence electrons. The number of nitrogens with zero attached hydrogens (tertiary/aromatic N) is 1. The van der Waals surface area contributed by atoms with Gasteiger partial charge in [-0.25, -0.2) is 0 Å². The maximum absolute atomic E-state index is 13.2. The molecule has 1 N–H and O–H groups in total. The number of carbonyl (C=O) groups excluding carboxylic acids is 1. The van der Waals surface area contributed by atoms with E-state index in [0.717, 1.165) is 61.5 Å². The van der Waals surface area contributed by atoms with Gasteiger partial charge < -0.3 is 24.3 Å². The molecule has 0 saturated carbocycles. The van der Waals surface area contributed by atoms with Crippen molar-refractivity contribution >= 4 is 11.6 Å².